The van der Waals surface area contributed by atoms with Crippen LogP contribution in [0.3, 0.4) is 0 Å². The highest BCUT2D eigenvalue weighted by Gasteiger charge is 2.24. The molecule has 4 aromatic rings. The molecule has 1 aliphatic rings. The predicted octanol–water partition coefficient (Wildman–Crippen LogP) is 4.78. The van der Waals surface area contributed by atoms with Gasteiger partial charge in [0.15, 0.2) is 0 Å². The van der Waals surface area contributed by atoms with Crippen LogP contribution in [0.5, 0.6) is 0 Å². The van der Waals surface area contributed by atoms with Crippen LogP contribution in [0.4, 0.5) is 0 Å². The van der Waals surface area contributed by atoms with Crippen molar-refractivity contribution in [2.45, 2.75) is 32.1 Å². The highest BCUT2D eigenvalue weighted by molar-refractivity contribution is 7.90. The van der Waals surface area contributed by atoms with Gasteiger partial charge in [-0.05, 0) is 60.6 Å². The fourth-order valence-electron chi connectivity index (χ4n) is 4.13. The lowest BCUT2D eigenvalue weighted by Crippen LogP contribution is -2.32. The largest absolute Gasteiger partial charge is 0.354 e. The van der Waals surface area contributed by atoms with E-state index in [0.29, 0.717) is 18.0 Å². The van der Waals surface area contributed by atoms with E-state index in [1.54, 1.807) is 6.07 Å². The van der Waals surface area contributed by atoms with E-state index in [9.17, 15) is 13.2 Å². The number of nitrogens with one attached hydrogen (secondary N) is 2. The molecule has 0 aliphatic heterocycles. The first-order chi connectivity index (χ1) is 15.9. The number of hydrogen-bond acceptors (Lipinski definition) is 4. The molecule has 0 bridgehead atoms. The van der Waals surface area contributed by atoms with Crippen molar-refractivity contribution < 1.29 is 13.2 Å². The molecule has 6 nitrogen and oxygen atoms in total. The number of carbonyl (C=O) groups is 1. The average molecular weight is 460 g/mol. The monoisotopic (exact) mass is 459 g/mol. The second-order valence-electron chi connectivity index (χ2n) is 8.45. The fraction of sp³-hybridized carbons (Fsp3) is 0.231. The molecular formula is C26H25N3O3S. The van der Waals surface area contributed by atoms with E-state index >= 15 is 0 Å². The van der Waals surface area contributed by atoms with Crippen LogP contribution in [0.2, 0.25) is 0 Å². The number of rotatable bonds is 7. The number of aromatic amines is 1. The molecule has 7 heteroatoms. The van der Waals surface area contributed by atoms with Crippen molar-refractivity contribution in [2.75, 3.05) is 5.75 Å². The van der Waals surface area contributed by atoms with Crippen molar-refractivity contribution in [3.8, 4) is 11.3 Å². The van der Waals surface area contributed by atoms with Crippen LogP contribution >= 0.6 is 0 Å². The molecule has 0 atom stereocenters. The number of aromatic nitrogens is 2. The molecule has 0 unspecified atom stereocenters. The van der Waals surface area contributed by atoms with Crippen LogP contribution in [0.25, 0.3) is 22.2 Å². The summed E-state index contributed by atoms with van der Waals surface area (Å²) < 4.78 is 25.6. The normalized spacial score (nSPS) is 13.8. The lowest BCUT2D eigenvalue weighted by Gasteiger charge is -2.08. The van der Waals surface area contributed by atoms with Crippen LogP contribution < -0.4 is 4.72 Å². The van der Waals surface area contributed by atoms with Gasteiger partial charge in [-0.1, -0.05) is 48.5 Å². The number of fused-ring (bicyclic) bond motifs is 1. The highest BCUT2D eigenvalue weighted by atomic mass is 32.2. The fourth-order valence-corrected chi connectivity index (χ4v) is 4.66. The topological polar surface area (TPSA) is 91.9 Å². The molecule has 1 saturated carbocycles. The number of sulfonamides is 1. The first kappa shape index (κ1) is 21.4. The summed E-state index contributed by atoms with van der Waals surface area (Å²) in [6.45, 7) is 1.48. The number of amides is 1. The van der Waals surface area contributed by atoms with E-state index in [0.717, 1.165) is 27.7 Å². The molecule has 2 N–H and O–H groups in total. The van der Waals surface area contributed by atoms with Crippen LogP contribution in [0.15, 0.2) is 66.7 Å². The van der Waals surface area contributed by atoms with Gasteiger partial charge < -0.3 is 4.98 Å². The van der Waals surface area contributed by atoms with E-state index in [2.05, 4.69) is 45.0 Å². The molecule has 0 saturated heterocycles. The summed E-state index contributed by atoms with van der Waals surface area (Å²) in [7, 11) is -3.65. The third-order valence-electron chi connectivity index (χ3n) is 6.07. The van der Waals surface area contributed by atoms with Crippen LogP contribution in [-0.2, 0) is 16.4 Å². The Bertz CT molecular complexity index is 1440. The SMILES string of the molecule is CCS(=O)(=O)NC(=O)c1cccc(Cc2c(-c3ccccc3)[nH]c3cc(C4CC4)ccc23)n1. The Morgan fingerprint density at radius 2 is 1.85 bits per heavy atom. The number of nitrogens with zero attached hydrogens (tertiary/aromatic N) is 1. The quantitative estimate of drug-likeness (QED) is 0.416. The van der Waals surface area contributed by atoms with Gasteiger partial charge in [-0.15, -0.1) is 0 Å². The van der Waals surface area contributed by atoms with Crippen molar-refractivity contribution in [1.82, 2.24) is 14.7 Å². The molecule has 2 heterocycles. The Balaban J connectivity index is 1.54. The van der Waals surface area contributed by atoms with Gasteiger partial charge in [0.1, 0.15) is 5.69 Å². The molecule has 0 radical (unpaired) electrons. The first-order valence-electron chi connectivity index (χ1n) is 11.1. The van der Waals surface area contributed by atoms with Gasteiger partial charge >= 0.3 is 0 Å². The van der Waals surface area contributed by atoms with Crippen molar-refractivity contribution in [3.05, 3.63) is 89.2 Å². The van der Waals surface area contributed by atoms with E-state index < -0.39 is 15.9 Å². The van der Waals surface area contributed by atoms with Gasteiger partial charge in [0.25, 0.3) is 5.91 Å². The van der Waals surface area contributed by atoms with Crippen LogP contribution in [0.1, 0.15) is 53.0 Å². The maximum Gasteiger partial charge on any atom is 0.283 e. The van der Waals surface area contributed by atoms with E-state index in [4.69, 9.17) is 0 Å². The lowest BCUT2D eigenvalue weighted by atomic mass is 9.99. The molecule has 0 spiro atoms. The molecule has 1 amide bonds. The number of benzene rings is 2. The summed E-state index contributed by atoms with van der Waals surface area (Å²) in [6.07, 6.45) is 3.00. The van der Waals surface area contributed by atoms with Crippen molar-refractivity contribution in [3.63, 3.8) is 0 Å². The molecule has 2 aromatic heterocycles. The minimum Gasteiger partial charge on any atom is -0.354 e. The maximum atomic E-state index is 12.4. The van der Waals surface area contributed by atoms with Crippen molar-refractivity contribution >= 4 is 26.8 Å². The summed E-state index contributed by atoms with van der Waals surface area (Å²) in [5.74, 6) is -0.218. The summed E-state index contributed by atoms with van der Waals surface area (Å²) in [5, 5.41) is 1.13. The average Bonchev–Trinajstić information content (AvgIpc) is 3.62. The smallest absolute Gasteiger partial charge is 0.283 e. The van der Waals surface area contributed by atoms with Crippen LogP contribution in [0, 0.1) is 0 Å². The zero-order valence-electron chi connectivity index (χ0n) is 18.3. The van der Waals surface area contributed by atoms with Gasteiger partial charge in [0.2, 0.25) is 10.0 Å². The van der Waals surface area contributed by atoms with Gasteiger partial charge in [0.05, 0.1) is 11.4 Å². The zero-order chi connectivity index (χ0) is 23.0. The molecule has 5 rings (SSSR count). The predicted molar refractivity (Wildman–Crippen MR) is 130 cm³/mol. The van der Waals surface area contributed by atoms with Crippen molar-refractivity contribution in [2.24, 2.45) is 0 Å². The third kappa shape index (κ3) is 4.54. The Morgan fingerprint density at radius 1 is 1.06 bits per heavy atom. The van der Waals surface area contributed by atoms with E-state index in [-0.39, 0.29) is 11.4 Å². The highest BCUT2D eigenvalue weighted by Crippen LogP contribution is 2.42. The van der Waals surface area contributed by atoms with Gasteiger partial charge in [-0.25, -0.2) is 18.1 Å². The molecule has 168 valence electrons. The summed E-state index contributed by atoms with van der Waals surface area (Å²) in [4.78, 5) is 20.5. The minimum atomic E-state index is -3.65. The van der Waals surface area contributed by atoms with E-state index in [1.807, 2.05) is 24.3 Å². The molecule has 2 aromatic carbocycles. The second-order valence-corrected chi connectivity index (χ2v) is 10.5. The Morgan fingerprint density at radius 3 is 2.58 bits per heavy atom. The molecule has 1 fully saturated rings. The minimum absolute atomic E-state index is 0.0849. The van der Waals surface area contributed by atoms with Gasteiger partial charge in [0, 0.05) is 23.0 Å². The van der Waals surface area contributed by atoms with Crippen LogP contribution in [-0.4, -0.2) is 30.0 Å². The standard InChI is InChI=1S/C26H25N3O3S/c1-2-33(31,32)29-26(30)23-10-6-9-20(27-23)16-22-21-14-13-19(17-11-12-17)15-24(21)28-25(22)18-7-4-3-5-8-18/h3-10,13-15,17,28H,2,11-12,16H2,1H3,(H,29,30). The first-order valence-corrected chi connectivity index (χ1v) is 12.8. The maximum absolute atomic E-state index is 12.4. The Labute approximate surface area is 193 Å². The molecular weight excluding hydrogens is 434 g/mol. The van der Waals surface area contributed by atoms with Gasteiger partial charge in [-0.2, -0.15) is 0 Å². The van der Waals surface area contributed by atoms with Crippen molar-refractivity contribution in [1.29, 1.82) is 0 Å². The number of carbonyl (C=O) groups excluding carboxylic acids is 1. The number of pyridine rings is 1. The number of H-pyrrole nitrogens is 1. The molecule has 33 heavy (non-hydrogen) atoms. The zero-order valence-corrected chi connectivity index (χ0v) is 19.2. The second kappa shape index (κ2) is 8.48. The Kier molecular flexibility index (Phi) is 5.50. The Hall–Kier alpha value is -3.45. The summed E-state index contributed by atoms with van der Waals surface area (Å²) >= 11 is 0. The lowest BCUT2D eigenvalue weighted by molar-refractivity contribution is 0.0976. The summed E-state index contributed by atoms with van der Waals surface area (Å²) in [5.41, 5.74) is 6.45. The molecule has 1 aliphatic carbocycles. The number of hydrogen-bond donors (Lipinski definition) is 2. The third-order valence-corrected chi connectivity index (χ3v) is 7.32. The van der Waals surface area contributed by atoms with Gasteiger partial charge in [-0.3, -0.25) is 4.79 Å². The van der Waals surface area contributed by atoms with E-state index in [1.165, 1.54) is 31.4 Å². The summed E-state index contributed by atoms with van der Waals surface area (Å²) in [6, 6.07) is 21.9.